The molecule has 5 nitrogen and oxygen atoms in total. The molecule has 0 aromatic carbocycles. The third kappa shape index (κ3) is 2.42. The lowest BCUT2D eigenvalue weighted by atomic mass is 10.0. The number of aromatic nitrogens is 1. The Morgan fingerprint density at radius 2 is 2.42 bits per heavy atom. The summed E-state index contributed by atoms with van der Waals surface area (Å²) in [5.41, 5.74) is 8.49. The quantitative estimate of drug-likeness (QED) is 0.888. The van der Waals surface area contributed by atoms with Crippen LogP contribution in [0, 0.1) is 6.92 Å². The largest absolute Gasteiger partial charge is 0.376 e. The van der Waals surface area contributed by atoms with Crippen LogP contribution >= 0.6 is 0 Å². The summed E-state index contributed by atoms with van der Waals surface area (Å²) < 4.78 is 5.71. The SMILES string of the molecule is Cc1ccncc1C1CN=C(N)N1CC1CCCO1. The normalized spacial score (nSPS) is 26.8. The van der Waals surface area contributed by atoms with Crippen LogP contribution in [0.25, 0.3) is 0 Å². The number of nitrogens with zero attached hydrogens (tertiary/aromatic N) is 3. The molecule has 0 spiro atoms. The highest BCUT2D eigenvalue weighted by Gasteiger charge is 2.31. The van der Waals surface area contributed by atoms with Gasteiger partial charge in [0, 0.05) is 25.5 Å². The van der Waals surface area contributed by atoms with Gasteiger partial charge in [0.25, 0.3) is 0 Å². The van der Waals surface area contributed by atoms with Gasteiger partial charge < -0.3 is 15.4 Å². The number of ether oxygens (including phenoxy) is 1. The second-order valence-corrected chi connectivity index (χ2v) is 5.23. The fraction of sp³-hybridized carbons (Fsp3) is 0.571. The van der Waals surface area contributed by atoms with Crippen LogP contribution in [-0.2, 0) is 4.74 Å². The summed E-state index contributed by atoms with van der Waals surface area (Å²) in [4.78, 5) is 10.8. The molecule has 2 atom stereocenters. The smallest absolute Gasteiger partial charge is 0.192 e. The fourth-order valence-corrected chi connectivity index (χ4v) is 2.85. The predicted octanol–water partition coefficient (Wildman–Crippen LogP) is 1.24. The molecule has 3 heterocycles. The molecule has 2 N–H and O–H groups in total. The topological polar surface area (TPSA) is 63.7 Å². The average Bonchev–Trinajstić information content (AvgIpc) is 3.03. The third-order valence-electron chi connectivity index (χ3n) is 3.96. The van der Waals surface area contributed by atoms with Crippen molar-refractivity contribution in [3.63, 3.8) is 0 Å². The predicted molar refractivity (Wildman–Crippen MR) is 73.9 cm³/mol. The molecule has 2 aliphatic heterocycles. The highest BCUT2D eigenvalue weighted by molar-refractivity contribution is 5.80. The molecule has 1 fully saturated rings. The molecule has 5 heteroatoms. The minimum absolute atomic E-state index is 0.206. The Kier molecular flexibility index (Phi) is 3.38. The number of aliphatic imine (C=N–C) groups is 1. The highest BCUT2D eigenvalue weighted by Crippen LogP contribution is 2.28. The Morgan fingerprint density at radius 3 is 3.16 bits per heavy atom. The first-order valence-corrected chi connectivity index (χ1v) is 6.84. The highest BCUT2D eigenvalue weighted by atomic mass is 16.5. The first-order chi connectivity index (χ1) is 9.25. The summed E-state index contributed by atoms with van der Waals surface area (Å²) in [5.74, 6) is 0.628. The van der Waals surface area contributed by atoms with Gasteiger partial charge >= 0.3 is 0 Å². The Labute approximate surface area is 113 Å². The van der Waals surface area contributed by atoms with Crippen molar-refractivity contribution in [2.45, 2.75) is 31.9 Å². The van der Waals surface area contributed by atoms with E-state index in [4.69, 9.17) is 10.5 Å². The van der Waals surface area contributed by atoms with Crippen LogP contribution in [-0.4, -0.2) is 41.6 Å². The summed E-state index contributed by atoms with van der Waals surface area (Å²) in [6, 6.07) is 2.24. The molecule has 0 radical (unpaired) electrons. The van der Waals surface area contributed by atoms with Crippen LogP contribution in [0.15, 0.2) is 23.5 Å². The van der Waals surface area contributed by atoms with Crippen LogP contribution in [0.1, 0.15) is 30.0 Å². The lowest BCUT2D eigenvalue weighted by Gasteiger charge is -2.29. The minimum atomic E-state index is 0.206. The number of aryl methyl sites for hydroxylation is 1. The molecule has 102 valence electrons. The molecule has 2 aliphatic rings. The van der Waals surface area contributed by atoms with Crippen molar-refractivity contribution in [3.8, 4) is 0 Å². The summed E-state index contributed by atoms with van der Waals surface area (Å²) in [6.45, 7) is 4.52. The fourth-order valence-electron chi connectivity index (χ4n) is 2.85. The first kappa shape index (κ1) is 12.4. The van der Waals surface area contributed by atoms with E-state index in [9.17, 15) is 0 Å². The van der Waals surface area contributed by atoms with Crippen LogP contribution in [0.4, 0.5) is 0 Å². The second-order valence-electron chi connectivity index (χ2n) is 5.23. The van der Waals surface area contributed by atoms with Crippen molar-refractivity contribution in [2.24, 2.45) is 10.7 Å². The zero-order valence-electron chi connectivity index (χ0n) is 11.2. The van der Waals surface area contributed by atoms with E-state index in [1.807, 2.05) is 18.5 Å². The number of pyridine rings is 1. The summed E-state index contributed by atoms with van der Waals surface area (Å²) >= 11 is 0. The summed E-state index contributed by atoms with van der Waals surface area (Å²) in [5, 5.41) is 0. The van der Waals surface area contributed by atoms with Crippen molar-refractivity contribution in [2.75, 3.05) is 19.7 Å². The van der Waals surface area contributed by atoms with Gasteiger partial charge in [-0.25, -0.2) is 0 Å². The van der Waals surface area contributed by atoms with Gasteiger partial charge in [0.2, 0.25) is 0 Å². The number of hydrogen-bond acceptors (Lipinski definition) is 5. The van der Waals surface area contributed by atoms with E-state index in [-0.39, 0.29) is 12.1 Å². The Hall–Kier alpha value is -1.62. The van der Waals surface area contributed by atoms with Crippen LogP contribution in [0.2, 0.25) is 0 Å². The van der Waals surface area contributed by atoms with E-state index >= 15 is 0 Å². The van der Waals surface area contributed by atoms with Crippen LogP contribution in [0.3, 0.4) is 0 Å². The van der Waals surface area contributed by atoms with Crippen molar-refractivity contribution in [1.82, 2.24) is 9.88 Å². The monoisotopic (exact) mass is 260 g/mol. The Morgan fingerprint density at radius 1 is 1.53 bits per heavy atom. The molecule has 1 aromatic rings. The van der Waals surface area contributed by atoms with Crippen molar-refractivity contribution in [3.05, 3.63) is 29.6 Å². The third-order valence-corrected chi connectivity index (χ3v) is 3.96. The molecule has 0 saturated carbocycles. The van der Waals surface area contributed by atoms with E-state index in [1.54, 1.807) is 0 Å². The molecular weight excluding hydrogens is 240 g/mol. The van der Waals surface area contributed by atoms with Gasteiger partial charge in [0.15, 0.2) is 5.96 Å². The second kappa shape index (κ2) is 5.17. The van der Waals surface area contributed by atoms with Gasteiger partial charge in [-0.05, 0) is 37.0 Å². The zero-order valence-corrected chi connectivity index (χ0v) is 11.2. The van der Waals surface area contributed by atoms with E-state index < -0.39 is 0 Å². The molecule has 0 amide bonds. The standard InChI is InChI=1S/C14H20N4O/c1-10-4-5-16-7-12(10)13-8-17-14(15)18(13)9-11-3-2-6-19-11/h4-5,7,11,13H,2-3,6,8-9H2,1H3,(H2,15,17). The lowest BCUT2D eigenvalue weighted by Crippen LogP contribution is -2.41. The minimum Gasteiger partial charge on any atom is -0.376 e. The van der Waals surface area contributed by atoms with Crippen molar-refractivity contribution in [1.29, 1.82) is 0 Å². The summed E-state index contributed by atoms with van der Waals surface area (Å²) in [7, 11) is 0. The molecule has 2 unspecified atom stereocenters. The molecule has 0 bridgehead atoms. The van der Waals surface area contributed by atoms with E-state index in [0.29, 0.717) is 12.5 Å². The van der Waals surface area contributed by atoms with Crippen molar-refractivity contribution >= 4 is 5.96 Å². The van der Waals surface area contributed by atoms with E-state index in [0.717, 1.165) is 26.0 Å². The van der Waals surface area contributed by atoms with Crippen LogP contribution in [0.5, 0.6) is 0 Å². The molecule has 19 heavy (non-hydrogen) atoms. The Balaban J connectivity index is 1.79. The number of rotatable bonds is 3. The maximum atomic E-state index is 6.03. The number of hydrogen-bond donors (Lipinski definition) is 1. The molecule has 1 aromatic heterocycles. The molecule has 0 aliphatic carbocycles. The molecular formula is C14H20N4O. The lowest BCUT2D eigenvalue weighted by molar-refractivity contribution is 0.0852. The Bertz CT molecular complexity index is 482. The maximum absolute atomic E-state index is 6.03. The van der Waals surface area contributed by atoms with Crippen molar-refractivity contribution < 1.29 is 4.74 Å². The first-order valence-electron chi connectivity index (χ1n) is 6.84. The maximum Gasteiger partial charge on any atom is 0.192 e. The van der Waals surface area contributed by atoms with E-state index in [2.05, 4.69) is 21.8 Å². The number of nitrogens with two attached hydrogens (primary N) is 1. The summed E-state index contributed by atoms with van der Waals surface area (Å²) in [6.07, 6.45) is 6.29. The zero-order chi connectivity index (χ0) is 13.2. The van der Waals surface area contributed by atoms with Gasteiger partial charge in [-0.3, -0.25) is 9.98 Å². The van der Waals surface area contributed by atoms with Gasteiger partial charge in [0.05, 0.1) is 18.7 Å². The molecule has 3 rings (SSSR count). The van der Waals surface area contributed by atoms with Crippen LogP contribution < -0.4 is 5.73 Å². The van der Waals surface area contributed by atoms with E-state index in [1.165, 1.54) is 11.1 Å². The van der Waals surface area contributed by atoms with Gasteiger partial charge in [-0.1, -0.05) is 0 Å². The van der Waals surface area contributed by atoms with Gasteiger partial charge in [-0.2, -0.15) is 0 Å². The number of guanidine groups is 1. The van der Waals surface area contributed by atoms with Gasteiger partial charge in [0.1, 0.15) is 0 Å². The molecule has 1 saturated heterocycles. The average molecular weight is 260 g/mol. The van der Waals surface area contributed by atoms with Gasteiger partial charge in [-0.15, -0.1) is 0 Å².